The average molecular weight is 463 g/mol. The number of carboxylic acid groups (broad SMARTS) is 1. The fourth-order valence-corrected chi connectivity index (χ4v) is 6.01. The van der Waals surface area contributed by atoms with Crippen LogP contribution in [-0.2, 0) is 14.3 Å². The Morgan fingerprint density at radius 1 is 1.00 bits per heavy atom. The number of carboxylic acids is 1. The molecule has 4 unspecified atom stereocenters. The molecule has 3 aliphatic rings. The number of alkyl carbamates (subject to hydrolysis) is 1. The average Bonchev–Trinajstić information content (AvgIpc) is 3.34. The highest BCUT2D eigenvalue weighted by atomic mass is 16.5. The molecule has 2 saturated carbocycles. The quantitative estimate of drug-likeness (QED) is 0.579. The highest BCUT2D eigenvalue weighted by molar-refractivity contribution is 5.86. The molecule has 0 aromatic heterocycles. The molecular weight excluding hydrogens is 432 g/mol. The molecule has 2 aromatic rings. The van der Waals surface area contributed by atoms with Crippen LogP contribution in [0.25, 0.3) is 11.1 Å². The molecule has 0 aliphatic heterocycles. The predicted octanol–water partition coefficient (Wildman–Crippen LogP) is 3.92. The summed E-state index contributed by atoms with van der Waals surface area (Å²) < 4.78 is 5.58. The van der Waals surface area contributed by atoms with Crippen molar-refractivity contribution in [2.45, 2.75) is 50.6 Å². The van der Waals surface area contributed by atoms with E-state index in [1.807, 2.05) is 31.2 Å². The molecule has 5 atom stereocenters. The van der Waals surface area contributed by atoms with E-state index in [1.54, 1.807) is 0 Å². The molecule has 2 amide bonds. The third-order valence-electron chi connectivity index (χ3n) is 7.86. The van der Waals surface area contributed by atoms with Gasteiger partial charge in [-0.3, -0.25) is 9.59 Å². The van der Waals surface area contributed by atoms with Crippen LogP contribution < -0.4 is 10.6 Å². The lowest BCUT2D eigenvalue weighted by Crippen LogP contribution is -2.55. The van der Waals surface area contributed by atoms with E-state index >= 15 is 0 Å². The number of rotatable bonds is 7. The Labute approximate surface area is 198 Å². The SMILES string of the molecule is CC[C@@H](NC(=O)OCC1c2ccccc2-c2ccccc21)C(=O)NC1CC2CC(C(=O)O)CC21. The van der Waals surface area contributed by atoms with Crippen molar-refractivity contribution < 1.29 is 24.2 Å². The fraction of sp³-hybridized carbons (Fsp3) is 0.444. The number of hydrogen-bond donors (Lipinski definition) is 3. The van der Waals surface area contributed by atoms with E-state index in [0.29, 0.717) is 25.2 Å². The van der Waals surface area contributed by atoms with Gasteiger partial charge in [0.2, 0.25) is 5.91 Å². The summed E-state index contributed by atoms with van der Waals surface area (Å²) >= 11 is 0. The van der Waals surface area contributed by atoms with E-state index in [-0.39, 0.29) is 36.3 Å². The molecule has 7 heteroatoms. The summed E-state index contributed by atoms with van der Waals surface area (Å²) in [4.78, 5) is 36.7. The number of carbonyl (C=O) groups is 3. The molecule has 34 heavy (non-hydrogen) atoms. The Bertz CT molecular complexity index is 1070. The van der Waals surface area contributed by atoms with Gasteiger partial charge in [-0.15, -0.1) is 0 Å². The first-order valence-corrected chi connectivity index (χ1v) is 12.1. The molecule has 0 radical (unpaired) electrons. The highest BCUT2D eigenvalue weighted by Crippen LogP contribution is 2.49. The van der Waals surface area contributed by atoms with Crippen molar-refractivity contribution >= 4 is 18.0 Å². The van der Waals surface area contributed by atoms with Gasteiger partial charge >= 0.3 is 12.1 Å². The van der Waals surface area contributed by atoms with E-state index in [0.717, 1.165) is 28.7 Å². The van der Waals surface area contributed by atoms with Gasteiger partial charge in [-0.05, 0) is 59.8 Å². The summed E-state index contributed by atoms with van der Waals surface area (Å²) in [7, 11) is 0. The van der Waals surface area contributed by atoms with Gasteiger partial charge in [0.1, 0.15) is 12.6 Å². The standard InChI is InChI=1S/C27H30N2O5/c1-2-23(25(30)28-24-13-15-11-16(26(31)32)12-21(15)24)29-27(33)34-14-22-19-9-5-3-7-17(19)18-8-4-6-10-20(18)22/h3-10,15-16,21-24H,2,11-14H2,1H3,(H,28,30)(H,29,33)(H,31,32)/t15?,16?,21?,23-,24?/m1/s1. The van der Waals surface area contributed by atoms with Crippen LogP contribution in [0.4, 0.5) is 4.79 Å². The summed E-state index contributed by atoms with van der Waals surface area (Å²) in [5, 5.41) is 15.0. The Hall–Kier alpha value is -3.35. The second kappa shape index (κ2) is 9.12. The van der Waals surface area contributed by atoms with Gasteiger partial charge in [0.15, 0.2) is 0 Å². The van der Waals surface area contributed by atoms with Crippen molar-refractivity contribution in [3.05, 3.63) is 59.7 Å². The highest BCUT2D eigenvalue weighted by Gasteiger charge is 2.50. The van der Waals surface area contributed by atoms with E-state index in [2.05, 4.69) is 34.9 Å². The van der Waals surface area contributed by atoms with Gasteiger partial charge in [0.25, 0.3) is 0 Å². The molecule has 2 aromatic carbocycles. The van der Waals surface area contributed by atoms with Crippen LogP contribution in [0.5, 0.6) is 0 Å². The first-order valence-electron chi connectivity index (χ1n) is 12.1. The molecule has 0 saturated heterocycles. The Morgan fingerprint density at radius 3 is 2.26 bits per heavy atom. The van der Waals surface area contributed by atoms with Gasteiger partial charge in [0.05, 0.1) is 5.92 Å². The van der Waals surface area contributed by atoms with Crippen molar-refractivity contribution in [2.24, 2.45) is 17.8 Å². The van der Waals surface area contributed by atoms with E-state index in [1.165, 1.54) is 0 Å². The van der Waals surface area contributed by atoms with Crippen molar-refractivity contribution in [1.82, 2.24) is 10.6 Å². The maximum atomic E-state index is 12.8. The minimum absolute atomic E-state index is 0.0137. The molecule has 2 fully saturated rings. The van der Waals surface area contributed by atoms with Gasteiger partial charge in [-0.2, -0.15) is 0 Å². The first kappa shape index (κ1) is 22.4. The minimum Gasteiger partial charge on any atom is -0.481 e. The zero-order valence-electron chi connectivity index (χ0n) is 19.2. The summed E-state index contributed by atoms with van der Waals surface area (Å²) in [5.74, 6) is -0.735. The molecule has 7 nitrogen and oxygen atoms in total. The maximum absolute atomic E-state index is 12.8. The van der Waals surface area contributed by atoms with Crippen molar-refractivity contribution in [3.8, 4) is 11.1 Å². The molecule has 178 valence electrons. The largest absolute Gasteiger partial charge is 0.481 e. The van der Waals surface area contributed by atoms with Crippen LogP contribution in [0, 0.1) is 17.8 Å². The molecule has 3 N–H and O–H groups in total. The van der Waals surface area contributed by atoms with E-state index < -0.39 is 18.1 Å². The number of aliphatic carboxylic acids is 1. The molecular formula is C27H30N2O5. The lowest BCUT2D eigenvalue weighted by Gasteiger charge is -2.41. The van der Waals surface area contributed by atoms with E-state index in [4.69, 9.17) is 4.74 Å². The van der Waals surface area contributed by atoms with Gasteiger partial charge in [-0.25, -0.2) is 4.79 Å². The molecule has 0 heterocycles. The van der Waals surface area contributed by atoms with Crippen molar-refractivity contribution in [2.75, 3.05) is 6.61 Å². The number of amides is 2. The Morgan fingerprint density at radius 2 is 1.65 bits per heavy atom. The fourth-order valence-electron chi connectivity index (χ4n) is 6.01. The van der Waals surface area contributed by atoms with Crippen molar-refractivity contribution in [3.63, 3.8) is 0 Å². The Balaban J connectivity index is 1.15. The number of ether oxygens (including phenoxy) is 1. The lowest BCUT2D eigenvalue weighted by molar-refractivity contribution is -0.141. The van der Waals surface area contributed by atoms with Gasteiger partial charge in [-0.1, -0.05) is 55.5 Å². The summed E-state index contributed by atoms with van der Waals surface area (Å²) in [6.45, 7) is 2.04. The minimum atomic E-state index is -0.747. The van der Waals surface area contributed by atoms with Gasteiger partial charge < -0.3 is 20.5 Å². The summed E-state index contributed by atoms with van der Waals surface area (Å²) in [6.07, 6.45) is 1.95. The third-order valence-corrected chi connectivity index (χ3v) is 7.86. The number of hydrogen-bond acceptors (Lipinski definition) is 4. The van der Waals surface area contributed by atoms with Crippen LogP contribution in [0.1, 0.15) is 49.7 Å². The van der Waals surface area contributed by atoms with Crippen LogP contribution in [-0.4, -0.2) is 41.8 Å². The smallest absolute Gasteiger partial charge is 0.407 e. The van der Waals surface area contributed by atoms with Crippen LogP contribution in [0.15, 0.2) is 48.5 Å². The summed E-state index contributed by atoms with van der Waals surface area (Å²) in [6, 6.07) is 15.6. The molecule has 3 aliphatic carbocycles. The second-order valence-corrected chi connectivity index (χ2v) is 9.71. The van der Waals surface area contributed by atoms with Crippen molar-refractivity contribution in [1.29, 1.82) is 0 Å². The second-order valence-electron chi connectivity index (χ2n) is 9.71. The predicted molar refractivity (Wildman–Crippen MR) is 126 cm³/mol. The number of benzene rings is 2. The molecule has 0 bridgehead atoms. The summed E-state index contributed by atoms with van der Waals surface area (Å²) in [5.41, 5.74) is 4.59. The normalized spacial score (nSPS) is 25.3. The number of nitrogens with one attached hydrogen (secondary N) is 2. The number of fused-ring (bicyclic) bond motifs is 4. The van der Waals surface area contributed by atoms with Gasteiger partial charge in [0, 0.05) is 12.0 Å². The topological polar surface area (TPSA) is 105 Å². The molecule has 5 rings (SSSR count). The Kier molecular flexibility index (Phi) is 6.02. The van der Waals surface area contributed by atoms with E-state index in [9.17, 15) is 19.5 Å². The maximum Gasteiger partial charge on any atom is 0.407 e. The first-order chi connectivity index (χ1) is 16.5. The number of carbonyl (C=O) groups excluding carboxylic acids is 2. The molecule has 0 spiro atoms. The van der Waals surface area contributed by atoms with Crippen LogP contribution in [0.2, 0.25) is 0 Å². The lowest BCUT2D eigenvalue weighted by atomic mass is 9.71. The third kappa shape index (κ3) is 4.04. The zero-order valence-corrected chi connectivity index (χ0v) is 19.2. The van der Waals surface area contributed by atoms with Crippen LogP contribution >= 0.6 is 0 Å². The zero-order chi connectivity index (χ0) is 23.8. The van der Waals surface area contributed by atoms with Crippen LogP contribution in [0.3, 0.4) is 0 Å². The monoisotopic (exact) mass is 462 g/mol.